The van der Waals surface area contributed by atoms with E-state index in [9.17, 15) is 4.79 Å². The average Bonchev–Trinajstić information content (AvgIpc) is 2.73. The normalized spacial score (nSPS) is 11.2. The number of hydrogen-bond acceptors (Lipinski definition) is 4. The highest BCUT2D eigenvalue weighted by Crippen LogP contribution is 2.26. The molecule has 0 aliphatic heterocycles. The summed E-state index contributed by atoms with van der Waals surface area (Å²) in [5.41, 5.74) is 1.48. The zero-order chi connectivity index (χ0) is 13.8. The zero-order valence-electron chi connectivity index (χ0n) is 10.9. The molecule has 0 unspecified atom stereocenters. The summed E-state index contributed by atoms with van der Waals surface area (Å²) in [6.45, 7) is 1.64. The summed E-state index contributed by atoms with van der Waals surface area (Å²) in [6.07, 6.45) is 0.938. The van der Waals surface area contributed by atoms with Crippen molar-refractivity contribution in [3.8, 4) is 0 Å². The van der Waals surface area contributed by atoms with E-state index < -0.39 is 0 Å². The molecule has 0 aliphatic carbocycles. The molecule has 0 saturated heterocycles. The van der Waals surface area contributed by atoms with Gasteiger partial charge in [-0.2, -0.15) is 0 Å². The Balaban J connectivity index is 1.97. The van der Waals surface area contributed by atoms with Gasteiger partial charge >= 0.3 is 0 Å². The molecule has 0 atom stereocenters. The van der Waals surface area contributed by atoms with Crippen LogP contribution in [0.3, 0.4) is 0 Å². The number of rotatable bonds is 5. The Labute approximate surface area is 121 Å². The Morgan fingerprint density at radius 2 is 2.26 bits per heavy atom. The van der Waals surface area contributed by atoms with Gasteiger partial charge in [-0.1, -0.05) is 11.6 Å². The van der Waals surface area contributed by atoms with E-state index in [0.29, 0.717) is 16.6 Å². The molecule has 2 aromatic rings. The van der Waals surface area contributed by atoms with Crippen LogP contribution in [0, 0.1) is 0 Å². The second kappa shape index (κ2) is 6.32. The highest BCUT2D eigenvalue weighted by atomic mass is 35.5. The summed E-state index contributed by atoms with van der Waals surface area (Å²) >= 11 is 7.23. The van der Waals surface area contributed by atoms with Gasteiger partial charge in [0.15, 0.2) is 4.47 Å². The lowest BCUT2D eigenvalue weighted by molar-refractivity contribution is 0.0952. The molecule has 1 N–H and O–H groups in total. The lowest BCUT2D eigenvalue weighted by atomic mass is 10.2. The van der Waals surface area contributed by atoms with E-state index in [4.69, 9.17) is 11.6 Å². The highest BCUT2D eigenvalue weighted by Gasteiger charge is 2.08. The number of thiazole rings is 1. The van der Waals surface area contributed by atoms with E-state index in [1.165, 1.54) is 11.3 Å². The topological polar surface area (TPSA) is 45.2 Å². The van der Waals surface area contributed by atoms with Gasteiger partial charge in [0.2, 0.25) is 0 Å². The van der Waals surface area contributed by atoms with Crippen molar-refractivity contribution in [2.24, 2.45) is 0 Å². The number of nitrogens with one attached hydrogen (secondary N) is 1. The standard InChI is InChI=1S/C13H16ClN3OS/c1-17(2)7-3-6-15-12(18)9-4-5-10-11(8-9)19-13(14)16-10/h4-5,8H,3,6-7H2,1-2H3,(H,15,18). The molecule has 0 aliphatic rings. The van der Waals surface area contributed by atoms with Crippen molar-refractivity contribution >= 4 is 39.1 Å². The Morgan fingerprint density at radius 3 is 3.00 bits per heavy atom. The number of amides is 1. The fourth-order valence-electron chi connectivity index (χ4n) is 1.74. The van der Waals surface area contributed by atoms with Crippen LogP contribution in [0.25, 0.3) is 10.2 Å². The van der Waals surface area contributed by atoms with E-state index in [0.717, 1.165) is 23.2 Å². The van der Waals surface area contributed by atoms with Crippen molar-refractivity contribution in [3.05, 3.63) is 28.2 Å². The van der Waals surface area contributed by atoms with Crippen LogP contribution >= 0.6 is 22.9 Å². The van der Waals surface area contributed by atoms with E-state index >= 15 is 0 Å². The van der Waals surface area contributed by atoms with Crippen LogP contribution in [-0.4, -0.2) is 43.0 Å². The van der Waals surface area contributed by atoms with Crippen molar-refractivity contribution < 1.29 is 4.79 Å². The number of carbonyl (C=O) groups excluding carboxylic acids is 1. The van der Waals surface area contributed by atoms with Crippen molar-refractivity contribution in [1.29, 1.82) is 0 Å². The van der Waals surface area contributed by atoms with Crippen LogP contribution in [0.1, 0.15) is 16.8 Å². The van der Waals surface area contributed by atoms with Gasteiger partial charge < -0.3 is 10.2 Å². The van der Waals surface area contributed by atoms with Gasteiger partial charge in [0.05, 0.1) is 10.2 Å². The third kappa shape index (κ3) is 3.89. The maximum Gasteiger partial charge on any atom is 0.251 e. The lowest BCUT2D eigenvalue weighted by Gasteiger charge is -2.09. The number of benzene rings is 1. The molecule has 1 heterocycles. The van der Waals surface area contributed by atoms with Gasteiger partial charge in [-0.25, -0.2) is 4.98 Å². The van der Waals surface area contributed by atoms with Crippen molar-refractivity contribution in [2.75, 3.05) is 27.2 Å². The van der Waals surface area contributed by atoms with Gasteiger partial charge in [0.25, 0.3) is 5.91 Å². The fraction of sp³-hybridized carbons (Fsp3) is 0.385. The Bertz CT molecular complexity index is 582. The van der Waals surface area contributed by atoms with E-state index in [-0.39, 0.29) is 5.91 Å². The third-order valence-corrected chi connectivity index (χ3v) is 3.81. The maximum atomic E-state index is 12.0. The number of hydrogen-bond donors (Lipinski definition) is 1. The van der Waals surface area contributed by atoms with Crippen LogP contribution in [0.5, 0.6) is 0 Å². The molecular weight excluding hydrogens is 282 g/mol. The molecule has 0 fully saturated rings. The molecule has 0 spiro atoms. The largest absolute Gasteiger partial charge is 0.352 e. The first-order chi connectivity index (χ1) is 9.06. The highest BCUT2D eigenvalue weighted by molar-refractivity contribution is 7.22. The Hall–Kier alpha value is -1.17. The predicted octanol–water partition coefficient (Wildman–Crippen LogP) is 2.63. The maximum absolute atomic E-state index is 12.0. The molecule has 1 amide bonds. The SMILES string of the molecule is CN(C)CCCNC(=O)c1ccc2nc(Cl)sc2c1. The van der Waals surface area contributed by atoms with E-state index in [1.807, 2.05) is 26.2 Å². The van der Waals surface area contributed by atoms with Crippen molar-refractivity contribution in [2.45, 2.75) is 6.42 Å². The summed E-state index contributed by atoms with van der Waals surface area (Å²) in [5.74, 6) is -0.0508. The van der Waals surface area contributed by atoms with Crippen LogP contribution in [0.4, 0.5) is 0 Å². The van der Waals surface area contributed by atoms with Crippen LogP contribution < -0.4 is 5.32 Å². The van der Waals surface area contributed by atoms with Gasteiger partial charge in [0, 0.05) is 12.1 Å². The molecule has 0 radical (unpaired) electrons. The molecule has 1 aromatic carbocycles. The monoisotopic (exact) mass is 297 g/mol. The Kier molecular flexibility index (Phi) is 4.74. The minimum absolute atomic E-state index is 0.0508. The number of carbonyl (C=O) groups is 1. The first-order valence-corrected chi connectivity index (χ1v) is 7.25. The van der Waals surface area contributed by atoms with Crippen molar-refractivity contribution in [1.82, 2.24) is 15.2 Å². The summed E-state index contributed by atoms with van der Waals surface area (Å²) in [7, 11) is 4.03. The van der Waals surface area contributed by atoms with Crippen LogP contribution in [-0.2, 0) is 0 Å². The van der Waals surface area contributed by atoms with E-state index in [1.54, 1.807) is 6.07 Å². The summed E-state index contributed by atoms with van der Waals surface area (Å²) in [5, 5.41) is 2.91. The first-order valence-electron chi connectivity index (χ1n) is 6.05. The van der Waals surface area contributed by atoms with Gasteiger partial charge in [-0.15, -0.1) is 11.3 Å². The fourth-order valence-corrected chi connectivity index (χ4v) is 2.81. The van der Waals surface area contributed by atoms with Gasteiger partial charge in [-0.3, -0.25) is 4.79 Å². The van der Waals surface area contributed by atoms with Gasteiger partial charge in [0.1, 0.15) is 0 Å². The molecule has 102 valence electrons. The molecule has 2 rings (SSSR count). The molecule has 4 nitrogen and oxygen atoms in total. The summed E-state index contributed by atoms with van der Waals surface area (Å²) < 4.78 is 1.43. The molecule has 0 saturated carbocycles. The molecule has 6 heteroatoms. The molecule has 0 bridgehead atoms. The summed E-state index contributed by atoms with van der Waals surface area (Å²) in [4.78, 5) is 18.2. The minimum atomic E-state index is -0.0508. The average molecular weight is 298 g/mol. The molecule has 1 aromatic heterocycles. The predicted molar refractivity (Wildman–Crippen MR) is 80.1 cm³/mol. The second-order valence-electron chi connectivity index (χ2n) is 4.56. The second-order valence-corrected chi connectivity index (χ2v) is 6.17. The Morgan fingerprint density at radius 1 is 1.47 bits per heavy atom. The third-order valence-electron chi connectivity index (χ3n) is 2.69. The minimum Gasteiger partial charge on any atom is -0.352 e. The lowest BCUT2D eigenvalue weighted by Crippen LogP contribution is -2.27. The van der Waals surface area contributed by atoms with Crippen molar-refractivity contribution in [3.63, 3.8) is 0 Å². The zero-order valence-corrected chi connectivity index (χ0v) is 12.5. The number of aromatic nitrogens is 1. The molecule has 19 heavy (non-hydrogen) atoms. The number of nitrogens with zero attached hydrogens (tertiary/aromatic N) is 2. The quantitative estimate of drug-likeness (QED) is 0.863. The van der Waals surface area contributed by atoms with Crippen LogP contribution in [0.15, 0.2) is 18.2 Å². The smallest absolute Gasteiger partial charge is 0.251 e. The summed E-state index contributed by atoms with van der Waals surface area (Å²) in [6, 6.07) is 5.44. The van der Waals surface area contributed by atoms with E-state index in [2.05, 4.69) is 15.2 Å². The first kappa shape index (κ1) is 14.2. The number of halogens is 1. The number of fused-ring (bicyclic) bond motifs is 1. The molecular formula is C13H16ClN3OS. The van der Waals surface area contributed by atoms with Crippen LogP contribution in [0.2, 0.25) is 4.47 Å². The van der Waals surface area contributed by atoms with Gasteiger partial charge in [-0.05, 0) is 45.3 Å².